The molecular weight excluding hydrogens is 1380 g/mol. The van der Waals surface area contributed by atoms with Crippen molar-refractivity contribution in [2.24, 2.45) is 67.3 Å². The van der Waals surface area contributed by atoms with Crippen molar-refractivity contribution in [3.8, 4) is 0 Å². The Hall–Kier alpha value is -4.92. The number of carboxylic acid groups (broad SMARTS) is 4. The van der Waals surface area contributed by atoms with Gasteiger partial charge in [-0.05, 0) is 125 Å². The molecule has 0 aromatic carbocycles. The number of hydrogen-bond donors (Lipinski definition) is 10. The van der Waals surface area contributed by atoms with Crippen LogP contribution in [0.25, 0.3) is 0 Å². The van der Waals surface area contributed by atoms with Crippen LogP contribution in [0.15, 0.2) is 0 Å². The molecule has 10 aliphatic rings. The Labute approximate surface area is 630 Å². The number of Topliss-reactive ketones (excluding diaryl/α,β-unsaturated/α-hetero) is 4. The smallest absolute Gasteiger partial charge is 0.333 e. The van der Waals surface area contributed by atoms with Crippen molar-refractivity contribution in [3.05, 3.63) is 0 Å². The lowest BCUT2D eigenvalue weighted by molar-refractivity contribution is -0.162. The lowest BCUT2D eigenvalue weighted by Gasteiger charge is -2.44. The third-order valence-electron chi connectivity index (χ3n) is 23.7. The molecule has 10 fully saturated rings. The molecule has 21 nitrogen and oxygen atoms in total. The van der Waals surface area contributed by atoms with Gasteiger partial charge in [-0.15, -0.1) is 0 Å². The topological polar surface area (TPSA) is 379 Å². The van der Waals surface area contributed by atoms with E-state index in [1.54, 1.807) is 6.92 Å². The number of hydrogen-bond acceptors (Lipinski definition) is 14. The van der Waals surface area contributed by atoms with Crippen LogP contribution in [0.1, 0.15) is 256 Å². The minimum atomic E-state index is -3.01. The van der Waals surface area contributed by atoms with Crippen LogP contribution < -0.4 is 16.4 Å². The highest BCUT2D eigenvalue weighted by Crippen LogP contribution is 2.55. The summed E-state index contributed by atoms with van der Waals surface area (Å²) in [6, 6.07) is -1.85. The summed E-state index contributed by atoms with van der Waals surface area (Å²) in [5.74, 6) is -22.3. The van der Waals surface area contributed by atoms with Gasteiger partial charge in [0.15, 0.2) is 29.9 Å². The predicted octanol–water partition coefficient (Wildman–Crippen LogP) is 6.79. The average Bonchev–Trinajstić information content (AvgIpc) is 1.67. The number of primary amides is 1. The lowest BCUT2D eigenvalue weighted by Crippen LogP contribution is -2.62. The highest BCUT2D eigenvalue weighted by Gasteiger charge is 2.64. The third-order valence-corrected chi connectivity index (χ3v) is 23.7. The van der Waals surface area contributed by atoms with E-state index >= 15 is 0 Å². The molecule has 0 aliphatic heterocycles. The van der Waals surface area contributed by atoms with Gasteiger partial charge in [-0.25, -0.2) is 40.7 Å². The Morgan fingerprint density at radius 2 is 0.736 bits per heavy atom. The molecule has 0 aromatic rings. The normalized spacial score (nSPS) is 25.0. The van der Waals surface area contributed by atoms with Gasteiger partial charge in [0.1, 0.15) is 23.5 Å². The van der Waals surface area contributed by atoms with E-state index in [2.05, 4.69) is 17.6 Å². The van der Waals surface area contributed by atoms with Crippen LogP contribution in [-0.4, -0.2) is 221 Å². The van der Waals surface area contributed by atoms with Gasteiger partial charge >= 0.3 is 23.9 Å². The van der Waals surface area contributed by atoms with Gasteiger partial charge in [0, 0.05) is 138 Å². The molecule has 12 radical (unpaired) electrons. The zero-order chi connectivity index (χ0) is 78.2. The Morgan fingerprint density at radius 1 is 0.434 bits per heavy atom. The molecule has 106 heavy (non-hydrogen) atoms. The number of nitrogens with one attached hydrogen (secondary N) is 2. The molecule has 37 heteroatoms. The summed E-state index contributed by atoms with van der Waals surface area (Å²) in [6.45, 7) is 10.1. The Morgan fingerprint density at radius 3 is 0.953 bits per heavy atom. The summed E-state index contributed by atoms with van der Waals surface area (Å²) in [4.78, 5) is 128. The number of alkyl halides is 6. The van der Waals surface area contributed by atoms with Gasteiger partial charge < -0.3 is 52.1 Å². The number of ketones is 4. The van der Waals surface area contributed by atoms with Gasteiger partial charge in [-0.3, -0.25) is 38.4 Å². The number of aliphatic hydroxyl groups is 3. The van der Waals surface area contributed by atoms with Gasteiger partial charge in [0.05, 0.1) is 12.1 Å². The summed E-state index contributed by atoms with van der Waals surface area (Å²) in [5.41, 5.74) is 2.01. The summed E-state index contributed by atoms with van der Waals surface area (Å²) in [5, 5.41) is 68.1. The first kappa shape index (κ1) is 97.2. The van der Waals surface area contributed by atoms with Crippen molar-refractivity contribution in [1.29, 1.82) is 0 Å². The van der Waals surface area contributed by atoms with Crippen molar-refractivity contribution in [1.82, 2.24) is 10.6 Å². The van der Waals surface area contributed by atoms with E-state index in [0.29, 0.717) is 51.4 Å². The van der Waals surface area contributed by atoms with Gasteiger partial charge in [-0.2, -0.15) is 0 Å². The van der Waals surface area contributed by atoms with E-state index in [-0.39, 0.29) is 86.5 Å². The molecule has 10 rings (SSSR count). The van der Waals surface area contributed by atoms with E-state index in [1.807, 2.05) is 20.8 Å². The average molecular weight is 1490 g/mol. The van der Waals surface area contributed by atoms with Gasteiger partial charge in [0.25, 0.3) is 23.7 Å². The number of carboxylic acids is 4. The molecule has 9 atom stereocenters. The first-order valence-electron chi connectivity index (χ1n) is 36.0. The molecule has 3 amide bonds. The fraction of sp³-hybridized carbons (Fsp3) is 0.841. The van der Waals surface area contributed by atoms with Crippen LogP contribution in [-0.2, 0) is 52.7 Å². The van der Waals surface area contributed by atoms with Crippen molar-refractivity contribution in [2.75, 3.05) is 0 Å². The van der Waals surface area contributed by atoms with Crippen molar-refractivity contribution >= 4 is 137 Å². The van der Waals surface area contributed by atoms with Gasteiger partial charge in [-0.1, -0.05) is 108 Å². The maximum Gasteiger partial charge on any atom is 0.333 e. The first-order valence-corrected chi connectivity index (χ1v) is 36.0. The number of carbonyl (C=O) groups is 11. The SMILES string of the molecule is C.C.C.CC1(C(O)C(=O)O)CC1.CC1(C[C@H](NC(=O)C2CC2(F)F)C(=O)CC2(C(=O)C(N)=O)CCC2)CCCC1.CC1(C[C@H](NC(=O)C2CC2(F)F)C(=O)CC2(C(O)C(=O)O)CCC2)CCCC1.C[C@@H](CC1(C)CCCC1)C(=O)CC1(C(O)C(=O)O)CC1.O=C(O)C1CC1(F)F.[B]B([B])B(B([B])[B])B([B])[B]. The Balaban J connectivity index is 0.000000457. The highest BCUT2D eigenvalue weighted by atomic mass is 19.3. The summed E-state index contributed by atoms with van der Waals surface area (Å²) < 4.78 is 76.4. The van der Waals surface area contributed by atoms with E-state index in [1.165, 1.54) is 25.7 Å². The van der Waals surface area contributed by atoms with Crippen LogP contribution in [0.4, 0.5) is 26.3 Å². The van der Waals surface area contributed by atoms with Crippen LogP contribution in [0.5, 0.6) is 0 Å². The first-order chi connectivity index (χ1) is 47.3. The predicted molar refractivity (Wildman–Crippen MR) is 397 cm³/mol. The number of halogens is 6. The minimum Gasteiger partial charge on any atom is -0.481 e. The fourth-order valence-electron chi connectivity index (χ4n) is 15.4. The summed E-state index contributed by atoms with van der Waals surface area (Å²) in [7, 11) is 31.8. The van der Waals surface area contributed by atoms with Gasteiger partial charge in [0.2, 0.25) is 17.6 Å². The molecule has 0 aromatic heterocycles. The second kappa shape index (κ2) is 38.3. The number of nitrogens with two attached hydrogens (primary N) is 1. The number of carbonyl (C=O) groups excluding carboxylic acids is 7. The number of aliphatic hydroxyl groups excluding tert-OH is 3. The Kier molecular flexibility index (Phi) is 35.1. The number of amides is 3. The quantitative estimate of drug-likeness (QED) is 0.0194. The van der Waals surface area contributed by atoms with Crippen LogP contribution in [0, 0.1) is 61.6 Å². The van der Waals surface area contributed by atoms with Crippen LogP contribution in [0.3, 0.4) is 0 Å². The van der Waals surface area contributed by atoms with Crippen LogP contribution in [0.2, 0.25) is 0 Å². The molecule has 6 unspecified atom stereocenters. The summed E-state index contributed by atoms with van der Waals surface area (Å²) >= 11 is 0. The maximum atomic E-state index is 13.3. The molecular formula is C69H109B10F6N3O18. The second-order valence-corrected chi connectivity index (χ2v) is 33.1. The molecule has 0 saturated heterocycles. The lowest BCUT2D eigenvalue weighted by atomic mass is 8.58. The molecule has 0 spiro atoms. The number of aliphatic carboxylic acids is 4. The molecule has 0 heterocycles. The zero-order valence-electron chi connectivity index (χ0n) is 59.9. The fourth-order valence-corrected chi connectivity index (χ4v) is 15.4. The maximum absolute atomic E-state index is 13.3. The molecule has 0 bridgehead atoms. The van der Waals surface area contributed by atoms with E-state index < -0.39 is 174 Å². The monoisotopic (exact) mass is 1490 g/mol. The Bertz CT molecular complexity index is 3060. The number of rotatable bonds is 31. The van der Waals surface area contributed by atoms with E-state index in [0.717, 1.165) is 83.5 Å². The van der Waals surface area contributed by atoms with E-state index in [9.17, 15) is 94.4 Å². The third kappa shape index (κ3) is 26.7. The molecule has 10 saturated carbocycles. The molecule has 11 N–H and O–H groups in total. The highest BCUT2D eigenvalue weighted by molar-refractivity contribution is 8.00. The van der Waals surface area contributed by atoms with Crippen LogP contribution >= 0.6 is 0 Å². The molecule has 10 aliphatic carbocycles. The zero-order valence-corrected chi connectivity index (χ0v) is 59.9. The standard InChI is InChI=1S/C20H28F2N2O4.C20H29F2NO5.C16H26O4.C6H10O3.C4H4F2O2.3CH4.B10/c1-18(5-2-3-6-18)10-13(24-17(28)12-9-20(12,21)22)14(25)11-19(7-4-8-19)15(26)16(23)27;1-18(5-2-3-6-18)10-13(23-16(26)12-9-20(12,21)22)14(24)11-19(7-4-8-19)15(25)17(27)28;1-11(9-15(2)5-3-4-6-15)12(17)10-16(7-8-16)13(18)14(19)20;1-6(2-3-6)4(7)5(8)9;5-4(6)1-2(4)3(7)8;;;;1-7(2)10(8(3)4)9(5)6/h12-13H,2-11H2,1H3,(H2,23,27)(H,24,28);12-13,15,25H,2-11H2,1H3,(H,23,26)(H,27,28);11,13,18H,3-10H2,1-2H3,(H,19,20);4,7H,2-3H2,1H3,(H,8,9);2H,1H2,(H,7,8);3*1H4;/t12?,13-;12?,13-,15?;11-,13?;;;;;;/m000....../s1. The van der Waals surface area contributed by atoms with Crippen molar-refractivity contribution in [3.63, 3.8) is 0 Å². The van der Waals surface area contributed by atoms with E-state index in [4.69, 9.17) is 72.6 Å². The van der Waals surface area contributed by atoms with Crippen molar-refractivity contribution in [2.45, 2.75) is 304 Å². The summed E-state index contributed by atoms with van der Waals surface area (Å²) in [6.07, 6.45) is 12.0. The van der Waals surface area contributed by atoms with Crippen molar-refractivity contribution < 1.29 is 115 Å². The second-order valence-electron chi connectivity index (χ2n) is 33.1. The molecule has 580 valence electrons. The largest absolute Gasteiger partial charge is 0.481 e. The minimum absolute atomic E-state index is 0.